The number of benzene rings is 2. The van der Waals surface area contributed by atoms with E-state index in [1.54, 1.807) is 4.90 Å². The van der Waals surface area contributed by atoms with Crippen molar-refractivity contribution in [3.63, 3.8) is 0 Å². The first-order valence-corrected chi connectivity index (χ1v) is 20.7. The number of carbonyl (C=O) groups excluding carboxylic acids is 6. The Morgan fingerprint density at radius 3 is 2.22 bits per heavy atom. The zero-order chi connectivity index (χ0) is 41.6. The molecule has 18 nitrogen and oxygen atoms in total. The second-order valence-electron chi connectivity index (χ2n) is 17.1. The Hall–Kier alpha value is -6.24. The third-order valence-electron chi connectivity index (χ3n) is 13.7. The largest absolute Gasteiger partial charge is 0.366 e. The van der Waals surface area contributed by atoms with Crippen LogP contribution in [0.1, 0.15) is 81.2 Å². The molecule has 6 aliphatic heterocycles. The highest BCUT2D eigenvalue weighted by molar-refractivity contribution is 6.23. The van der Waals surface area contributed by atoms with E-state index in [1.165, 1.54) is 11.6 Å². The monoisotopic (exact) mass is 820 g/mol. The highest BCUT2D eigenvalue weighted by Crippen LogP contribution is 2.43. The third-order valence-corrected chi connectivity index (χ3v) is 13.7. The SMILES string of the molecule is CN1CCN(C2CC3CC2N(c2nnc(C(N)=O)c(Nc4ccc(C5CCN(C6CN(c7cc8c(cc7F)C(=O)N(C7CCC(=O)NC7=O)C8=O)C6)CC5)cc4)n2)C3)C1=O. The molecule has 7 heterocycles. The number of hydrogen-bond acceptors (Lipinski definition) is 13. The van der Waals surface area contributed by atoms with Crippen molar-refractivity contribution < 1.29 is 33.2 Å². The summed E-state index contributed by atoms with van der Waals surface area (Å²) in [5, 5.41) is 13.9. The summed E-state index contributed by atoms with van der Waals surface area (Å²) < 4.78 is 15.4. The number of nitrogens with two attached hydrogens (primary N) is 1. The highest BCUT2D eigenvalue weighted by Gasteiger charge is 2.51. The summed E-state index contributed by atoms with van der Waals surface area (Å²) in [4.78, 5) is 91.4. The summed E-state index contributed by atoms with van der Waals surface area (Å²) in [6.45, 7) is 5.04. The first kappa shape index (κ1) is 38.0. The van der Waals surface area contributed by atoms with Crippen LogP contribution in [-0.2, 0) is 9.59 Å². The zero-order valence-corrected chi connectivity index (χ0v) is 33.1. The molecule has 2 aromatic carbocycles. The van der Waals surface area contributed by atoms with Gasteiger partial charge in [-0.25, -0.2) is 9.18 Å². The van der Waals surface area contributed by atoms with Gasteiger partial charge in [0.05, 0.1) is 28.9 Å². The van der Waals surface area contributed by atoms with E-state index in [2.05, 4.69) is 42.8 Å². The van der Waals surface area contributed by atoms with Gasteiger partial charge in [-0.1, -0.05) is 12.1 Å². The Balaban J connectivity index is 0.747. The summed E-state index contributed by atoms with van der Waals surface area (Å²) in [7, 11) is 1.82. The molecular weight excluding hydrogens is 776 g/mol. The maximum atomic E-state index is 15.4. The van der Waals surface area contributed by atoms with Gasteiger partial charge >= 0.3 is 6.03 Å². The molecule has 4 N–H and O–H groups in total. The molecule has 4 atom stereocenters. The number of amides is 7. The fraction of sp³-hybridized carbons (Fsp3) is 0.488. The van der Waals surface area contributed by atoms with Crippen molar-refractivity contribution in [1.29, 1.82) is 0 Å². The van der Waals surface area contributed by atoms with Crippen LogP contribution in [-0.4, -0.2) is 147 Å². The number of halogens is 1. The number of imide groups is 2. The molecule has 6 fully saturated rings. The number of fused-ring (bicyclic) bond motifs is 3. The number of anilines is 4. The lowest BCUT2D eigenvalue weighted by molar-refractivity contribution is -0.136. The predicted octanol–water partition coefficient (Wildman–Crippen LogP) is 1.66. The molecule has 0 radical (unpaired) electrons. The van der Waals surface area contributed by atoms with Gasteiger partial charge in [0.15, 0.2) is 11.5 Å². The standard InChI is InChI=1S/C41H45FN12O6/c1-49-12-13-52(41(49)60)31-14-21-15-32(31)53(18-21)40-46-36(34(35(43)56)47-48-40)44-24-4-2-22(3-5-24)23-8-10-50(11-9-23)25-19-51(20-25)30-17-27-26(16-28(30)42)38(58)54(39(27)59)29-6-7-33(55)45-37(29)57/h2-5,16-17,21,23,25,29,31-32H,6-15,18-20H2,1H3,(H2,43,56)(H,44,46,48)(H,45,55,57). The third kappa shape index (κ3) is 6.36. The predicted molar refractivity (Wildman–Crippen MR) is 213 cm³/mol. The van der Waals surface area contributed by atoms with E-state index in [0.29, 0.717) is 44.0 Å². The molecule has 60 heavy (non-hydrogen) atoms. The van der Waals surface area contributed by atoms with E-state index < -0.39 is 41.4 Å². The van der Waals surface area contributed by atoms with Gasteiger partial charge in [-0.05, 0) is 86.9 Å². The lowest BCUT2D eigenvalue weighted by Gasteiger charge is -2.48. The van der Waals surface area contributed by atoms with Crippen LogP contribution in [0.25, 0.3) is 0 Å². The molecule has 7 aliphatic rings. The van der Waals surface area contributed by atoms with E-state index >= 15 is 4.39 Å². The van der Waals surface area contributed by atoms with Gasteiger partial charge in [0.1, 0.15) is 11.9 Å². The number of likely N-dealkylation sites (tertiary alicyclic amines) is 1. The van der Waals surface area contributed by atoms with Crippen LogP contribution in [0.4, 0.5) is 32.3 Å². The van der Waals surface area contributed by atoms with Crippen LogP contribution in [0.2, 0.25) is 0 Å². The molecule has 0 spiro atoms. The van der Waals surface area contributed by atoms with Gasteiger partial charge in [-0.15, -0.1) is 10.2 Å². The van der Waals surface area contributed by atoms with Crippen LogP contribution in [0.3, 0.4) is 0 Å². The average Bonchev–Trinajstić information content (AvgIpc) is 3.97. The summed E-state index contributed by atoms with van der Waals surface area (Å²) in [6.07, 6.45) is 3.81. The number of urea groups is 1. The Kier molecular flexibility index (Phi) is 9.18. The Morgan fingerprint density at radius 1 is 0.867 bits per heavy atom. The molecule has 19 heteroatoms. The molecule has 3 aromatic rings. The number of aromatic nitrogens is 3. The highest BCUT2D eigenvalue weighted by atomic mass is 19.1. The topological polar surface area (TPSA) is 211 Å². The molecule has 1 aromatic heterocycles. The molecule has 5 saturated heterocycles. The van der Waals surface area contributed by atoms with Gasteiger partial charge in [0.25, 0.3) is 17.7 Å². The second-order valence-corrected chi connectivity index (χ2v) is 17.1. The summed E-state index contributed by atoms with van der Waals surface area (Å²) in [5.41, 5.74) is 7.78. The van der Waals surface area contributed by atoms with Gasteiger partial charge in [0.2, 0.25) is 17.8 Å². The van der Waals surface area contributed by atoms with E-state index in [-0.39, 0.29) is 65.3 Å². The quantitative estimate of drug-likeness (QED) is 0.263. The Bertz CT molecular complexity index is 2330. The van der Waals surface area contributed by atoms with Crippen LogP contribution < -0.4 is 26.2 Å². The molecular formula is C41H45FN12O6. The van der Waals surface area contributed by atoms with E-state index in [1.807, 2.05) is 29.0 Å². The summed E-state index contributed by atoms with van der Waals surface area (Å²) >= 11 is 0. The number of hydrogen-bond donors (Lipinski definition) is 3. The maximum absolute atomic E-state index is 15.4. The van der Waals surface area contributed by atoms with Crippen LogP contribution in [0.5, 0.6) is 0 Å². The van der Waals surface area contributed by atoms with E-state index in [0.717, 1.165) is 62.0 Å². The summed E-state index contributed by atoms with van der Waals surface area (Å²) in [5.74, 6) is -2.51. The molecule has 1 saturated carbocycles. The van der Waals surface area contributed by atoms with Crippen molar-refractivity contribution in [2.24, 2.45) is 11.7 Å². The smallest absolute Gasteiger partial charge is 0.320 e. The number of nitrogens with zero attached hydrogens (tertiary/aromatic N) is 9. The molecule has 7 amide bonds. The number of rotatable bonds is 9. The molecule has 2 bridgehead atoms. The Labute approximate surface area is 344 Å². The average molecular weight is 821 g/mol. The zero-order valence-electron chi connectivity index (χ0n) is 33.1. The van der Waals surface area contributed by atoms with Crippen molar-refractivity contribution in [3.8, 4) is 0 Å². The Morgan fingerprint density at radius 2 is 1.57 bits per heavy atom. The molecule has 312 valence electrons. The number of likely N-dealkylation sites (N-methyl/N-ethyl adjacent to an activating group) is 1. The van der Waals surface area contributed by atoms with Gasteiger partial charge < -0.3 is 30.7 Å². The first-order valence-electron chi connectivity index (χ1n) is 20.7. The maximum Gasteiger partial charge on any atom is 0.320 e. The molecule has 10 rings (SSSR count). The minimum absolute atomic E-state index is 0.00879. The minimum Gasteiger partial charge on any atom is -0.366 e. The van der Waals surface area contributed by atoms with Crippen molar-refractivity contribution in [3.05, 3.63) is 64.6 Å². The van der Waals surface area contributed by atoms with Crippen LogP contribution >= 0.6 is 0 Å². The van der Waals surface area contributed by atoms with Crippen molar-refractivity contribution >= 4 is 58.7 Å². The lowest BCUT2D eigenvalue weighted by atomic mass is 9.88. The number of primary amides is 1. The number of piperidine rings is 3. The minimum atomic E-state index is -1.11. The van der Waals surface area contributed by atoms with Gasteiger partial charge in [-0.2, -0.15) is 4.98 Å². The second kappa shape index (κ2) is 14.5. The van der Waals surface area contributed by atoms with E-state index in [9.17, 15) is 28.8 Å². The van der Waals surface area contributed by atoms with Crippen LogP contribution in [0.15, 0.2) is 36.4 Å². The van der Waals surface area contributed by atoms with E-state index in [4.69, 9.17) is 10.7 Å². The number of nitrogens with one attached hydrogen (secondary N) is 2. The lowest BCUT2D eigenvalue weighted by Crippen LogP contribution is -2.61. The fourth-order valence-corrected chi connectivity index (χ4v) is 10.4. The first-order chi connectivity index (χ1) is 28.9. The molecule has 4 unspecified atom stereocenters. The van der Waals surface area contributed by atoms with Gasteiger partial charge in [0, 0.05) is 57.9 Å². The van der Waals surface area contributed by atoms with Crippen LogP contribution in [0, 0.1) is 11.7 Å². The van der Waals surface area contributed by atoms with Crippen molar-refractivity contribution in [2.45, 2.75) is 68.6 Å². The molecule has 1 aliphatic carbocycles. The van der Waals surface area contributed by atoms with Crippen molar-refractivity contribution in [1.82, 2.24) is 40.1 Å². The number of carbonyl (C=O) groups is 6. The normalized spacial score (nSPS) is 26.0. The fourth-order valence-electron chi connectivity index (χ4n) is 10.4. The van der Waals surface area contributed by atoms with Gasteiger partial charge in [-0.3, -0.25) is 39.1 Å². The summed E-state index contributed by atoms with van der Waals surface area (Å²) in [6, 6.07) is 9.85. The van der Waals surface area contributed by atoms with Crippen molar-refractivity contribution in [2.75, 3.05) is 68.0 Å².